The fraction of sp³-hybridized carbons (Fsp3) is 0.292. The molecule has 0 saturated heterocycles. The molecular formula is C24H26FN3O4. The second-order valence-electron chi connectivity index (χ2n) is 7.96. The number of ether oxygens (including phenoxy) is 2. The molecule has 3 N–H and O–H groups in total. The molecule has 0 atom stereocenters. The van der Waals surface area contributed by atoms with Crippen LogP contribution in [0.15, 0.2) is 42.5 Å². The molecule has 1 aromatic heterocycles. The number of pyridine rings is 1. The number of hydrogen-bond donors (Lipinski definition) is 2. The zero-order valence-electron chi connectivity index (χ0n) is 18.5. The number of hydrogen-bond acceptors (Lipinski definition) is 6. The van der Waals surface area contributed by atoms with Gasteiger partial charge in [-0.25, -0.2) is 9.18 Å². The Bertz CT molecular complexity index is 1180. The summed E-state index contributed by atoms with van der Waals surface area (Å²) in [4.78, 5) is 29.3. The van der Waals surface area contributed by atoms with E-state index >= 15 is 0 Å². The number of nitrogen functional groups attached to an aromatic ring is 1. The van der Waals surface area contributed by atoms with Gasteiger partial charge in [0.05, 0.1) is 40.0 Å². The van der Waals surface area contributed by atoms with Crippen molar-refractivity contribution in [2.45, 2.75) is 33.2 Å². The average Bonchev–Trinajstić information content (AvgIpc) is 2.72. The number of aryl methyl sites for hydroxylation is 1. The van der Waals surface area contributed by atoms with Crippen molar-refractivity contribution in [2.75, 3.05) is 18.9 Å². The SMILES string of the molecule is CCOC(=O)c1c(C)nc2cccc(OCC(C)(C)NC(=O)c3ccccc3F)c2c1N. The molecule has 7 nitrogen and oxygen atoms in total. The molecular weight excluding hydrogens is 413 g/mol. The van der Waals surface area contributed by atoms with Crippen LogP contribution in [0.2, 0.25) is 0 Å². The van der Waals surface area contributed by atoms with E-state index in [4.69, 9.17) is 15.2 Å². The number of aromatic nitrogens is 1. The van der Waals surface area contributed by atoms with Gasteiger partial charge in [0.25, 0.3) is 5.91 Å². The molecule has 3 rings (SSSR count). The third kappa shape index (κ3) is 4.80. The first kappa shape index (κ1) is 23.0. The lowest BCUT2D eigenvalue weighted by Gasteiger charge is -2.27. The molecule has 1 heterocycles. The van der Waals surface area contributed by atoms with E-state index in [0.717, 1.165) is 0 Å². The molecule has 0 fully saturated rings. The van der Waals surface area contributed by atoms with Crippen molar-refractivity contribution in [1.29, 1.82) is 0 Å². The normalized spacial score (nSPS) is 11.3. The minimum Gasteiger partial charge on any atom is -0.490 e. The van der Waals surface area contributed by atoms with E-state index in [2.05, 4.69) is 10.3 Å². The molecule has 0 saturated carbocycles. The van der Waals surface area contributed by atoms with Gasteiger partial charge >= 0.3 is 5.97 Å². The van der Waals surface area contributed by atoms with E-state index in [1.54, 1.807) is 52.0 Å². The van der Waals surface area contributed by atoms with Gasteiger partial charge in [0.15, 0.2) is 0 Å². The van der Waals surface area contributed by atoms with Crippen molar-refractivity contribution in [3.05, 3.63) is 65.1 Å². The number of esters is 1. The number of benzene rings is 2. The molecule has 8 heteroatoms. The molecule has 0 aliphatic heterocycles. The molecule has 0 unspecified atom stereocenters. The monoisotopic (exact) mass is 439 g/mol. The van der Waals surface area contributed by atoms with Crippen molar-refractivity contribution in [3.63, 3.8) is 0 Å². The number of halogens is 1. The van der Waals surface area contributed by atoms with E-state index in [0.29, 0.717) is 22.3 Å². The molecule has 0 radical (unpaired) electrons. The smallest absolute Gasteiger partial charge is 0.342 e. The van der Waals surface area contributed by atoms with Crippen LogP contribution in [0.25, 0.3) is 10.9 Å². The Hall–Kier alpha value is -3.68. The van der Waals surface area contributed by atoms with E-state index in [1.165, 1.54) is 18.2 Å². The molecule has 0 spiro atoms. The van der Waals surface area contributed by atoms with Gasteiger partial charge < -0.3 is 20.5 Å². The zero-order chi connectivity index (χ0) is 23.5. The van der Waals surface area contributed by atoms with E-state index in [9.17, 15) is 14.0 Å². The lowest BCUT2D eigenvalue weighted by Crippen LogP contribution is -2.48. The van der Waals surface area contributed by atoms with Crippen LogP contribution in [0.5, 0.6) is 5.75 Å². The number of rotatable bonds is 7. The van der Waals surface area contributed by atoms with Crippen LogP contribution >= 0.6 is 0 Å². The standard InChI is InChI=1S/C24H26FN3O4/c1-5-31-23(30)19-14(2)27-17-11-8-12-18(20(17)21(19)26)32-13-24(3,4)28-22(29)15-9-6-7-10-16(15)25/h6-12H,5,13H2,1-4H3,(H2,26,27)(H,28,29). The average molecular weight is 439 g/mol. The first-order valence-corrected chi connectivity index (χ1v) is 10.2. The van der Waals surface area contributed by atoms with Crippen LogP contribution in [-0.4, -0.2) is 35.6 Å². The highest BCUT2D eigenvalue weighted by atomic mass is 19.1. The molecule has 32 heavy (non-hydrogen) atoms. The van der Waals surface area contributed by atoms with Gasteiger partial charge in [0.2, 0.25) is 0 Å². The van der Waals surface area contributed by atoms with Gasteiger partial charge in [-0.1, -0.05) is 18.2 Å². The van der Waals surface area contributed by atoms with Gasteiger partial charge in [-0.05, 0) is 52.0 Å². The maximum Gasteiger partial charge on any atom is 0.342 e. The van der Waals surface area contributed by atoms with Crippen molar-refractivity contribution in [3.8, 4) is 5.75 Å². The molecule has 2 aromatic carbocycles. The quantitative estimate of drug-likeness (QED) is 0.539. The van der Waals surface area contributed by atoms with E-state index in [1.807, 2.05) is 0 Å². The Morgan fingerprint density at radius 1 is 1.16 bits per heavy atom. The molecule has 168 valence electrons. The second kappa shape index (κ2) is 9.21. The minimum atomic E-state index is -0.835. The van der Waals surface area contributed by atoms with Gasteiger partial charge in [-0.2, -0.15) is 0 Å². The van der Waals surface area contributed by atoms with Gasteiger partial charge in [-0.15, -0.1) is 0 Å². The number of nitrogens with one attached hydrogen (secondary N) is 1. The Labute approximate surface area is 185 Å². The minimum absolute atomic E-state index is 0.0475. The van der Waals surface area contributed by atoms with Crippen LogP contribution in [0.1, 0.15) is 47.2 Å². The number of nitrogens with zero attached hydrogens (tertiary/aromatic N) is 1. The predicted octanol–water partition coefficient (Wildman–Crippen LogP) is 4.03. The summed E-state index contributed by atoms with van der Waals surface area (Å²) >= 11 is 0. The van der Waals surface area contributed by atoms with Crippen molar-refractivity contribution in [2.24, 2.45) is 0 Å². The fourth-order valence-electron chi connectivity index (χ4n) is 3.34. The number of carbonyl (C=O) groups is 2. The van der Waals surface area contributed by atoms with Crippen molar-refractivity contribution >= 4 is 28.5 Å². The van der Waals surface area contributed by atoms with Gasteiger partial charge in [0, 0.05) is 0 Å². The number of carbonyl (C=O) groups excluding carboxylic acids is 2. The third-order valence-electron chi connectivity index (χ3n) is 4.83. The highest BCUT2D eigenvalue weighted by Gasteiger charge is 2.25. The highest BCUT2D eigenvalue weighted by Crippen LogP contribution is 2.34. The summed E-state index contributed by atoms with van der Waals surface area (Å²) in [5, 5.41) is 3.26. The van der Waals surface area contributed by atoms with Gasteiger partial charge in [-0.3, -0.25) is 9.78 Å². The number of nitrogens with two attached hydrogens (primary N) is 1. The number of amides is 1. The van der Waals surface area contributed by atoms with Crippen LogP contribution in [0, 0.1) is 12.7 Å². The third-order valence-corrected chi connectivity index (χ3v) is 4.83. The first-order valence-electron chi connectivity index (χ1n) is 10.2. The summed E-state index contributed by atoms with van der Waals surface area (Å²) in [6.07, 6.45) is 0. The summed E-state index contributed by atoms with van der Waals surface area (Å²) in [6, 6.07) is 11.0. The summed E-state index contributed by atoms with van der Waals surface area (Å²) in [7, 11) is 0. The zero-order valence-corrected chi connectivity index (χ0v) is 18.5. The lowest BCUT2D eigenvalue weighted by molar-refractivity contribution is 0.0526. The van der Waals surface area contributed by atoms with Crippen LogP contribution in [-0.2, 0) is 4.74 Å². The molecule has 0 bridgehead atoms. The molecule has 0 aliphatic rings. The predicted molar refractivity (Wildman–Crippen MR) is 120 cm³/mol. The van der Waals surface area contributed by atoms with Crippen molar-refractivity contribution < 1.29 is 23.5 Å². The van der Waals surface area contributed by atoms with E-state index in [-0.39, 0.29) is 30.0 Å². The number of anilines is 1. The Kier molecular flexibility index (Phi) is 6.62. The second-order valence-corrected chi connectivity index (χ2v) is 7.96. The van der Waals surface area contributed by atoms with Crippen LogP contribution in [0.3, 0.4) is 0 Å². The Balaban J connectivity index is 1.87. The van der Waals surface area contributed by atoms with Gasteiger partial charge in [0.1, 0.15) is 23.7 Å². The molecule has 3 aromatic rings. The Morgan fingerprint density at radius 3 is 2.56 bits per heavy atom. The van der Waals surface area contributed by atoms with Crippen molar-refractivity contribution in [1.82, 2.24) is 10.3 Å². The summed E-state index contributed by atoms with van der Waals surface area (Å²) in [5.74, 6) is -1.29. The van der Waals surface area contributed by atoms with E-state index < -0.39 is 23.2 Å². The topological polar surface area (TPSA) is 104 Å². The molecule has 1 amide bonds. The largest absolute Gasteiger partial charge is 0.490 e. The van der Waals surface area contributed by atoms with Crippen LogP contribution < -0.4 is 15.8 Å². The first-order chi connectivity index (χ1) is 15.1. The summed E-state index contributed by atoms with van der Waals surface area (Å²) in [6.45, 7) is 7.19. The maximum atomic E-state index is 13.9. The van der Waals surface area contributed by atoms with Crippen LogP contribution in [0.4, 0.5) is 10.1 Å². The fourth-order valence-corrected chi connectivity index (χ4v) is 3.34. The molecule has 0 aliphatic carbocycles. The maximum absolute atomic E-state index is 13.9. The summed E-state index contributed by atoms with van der Waals surface area (Å²) < 4.78 is 25.0. The lowest BCUT2D eigenvalue weighted by atomic mass is 10.0. The summed E-state index contributed by atoms with van der Waals surface area (Å²) in [5.41, 5.74) is 6.89. The number of fused-ring (bicyclic) bond motifs is 1. The Morgan fingerprint density at radius 2 is 1.88 bits per heavy atom. The highest BCUT2D eigenvalue weighted by molar-refractivity contribution is 6.07.